The van der Waals surface area contributed by atoms with E-state index >= 15 is 0 Å². The van der Waals surface area contributed by atoms with Crippen molar-refractivity contribution in [1.82, 2.24) is 4.90 Å². The molecule has 1 saturated heterocycles. The zero-order chi connectivity index (χ0) is 12.5. The van der Waals surface area contributed by atoms with E-state index in [-0.39, 0.29) is 13.0 Å². The summed E-state index contributed by atoms with van der Waals surface area (Å²) < 4.78 is 37.4. The van der Waals surface area contributed by atoms with Gasteiger partial charge < -0.3 is 11.5 Å². The maximum absolute atomic E-state index is 13.1. The number of hydrogen-bond donors (Lipinski definition) is 2. The van der Waals surface area contributed by atoms with Crippen LogP contribution < -0.4 is 11.5 Å². The van der Waals surface area contributed by atoms with Crippen molar-refractivity contribution < 1.29 is 22.8 Å². The number of carbonyl (C=O) groups is 2. The van der Waals surface area contributed by atoms with Crippen molar-refractivity contribution in [3.8, 4) is 0 Å². The number of carbonyl (C=O) groups excluding carboxylic acids is 2. The molecule has 0 aromatic carbocycles. The van der Waals surface area contributed by atoms with E-state index in [1.807, 2.05) is 0 Å². The molecule has 0 radical (unpaired) electrons. The van der Waals surface area contributed by atoms with Crippen molar-refractivity contribution in [3.63, 3.8) is 0 Å². The summed E-state index contributed by atoms with van der Waals surface area (Å²) in [5, 5.41) is 0. The molecule has 0 saturated carbocycles. The number of nitrogens with zero attached hydrogens (tertiary/aromatic N) is 1. The largest absolute Gasteiger partial charge is 0.369 e. The highest BCUT2D eigenvalue weighted by atomic mass is 19.3. The summed E-state index contributed by atoms with van der Waals surface area (Å²) in [6.07, 6.45) is -5.98. The third-order valence-corrected chi connectivity index (χ3v) is 2.59. The van der Waals surface area contributed by atoms with Crippen molar-refractivity contribution in [2.45, 2.75) is 25.2 Å². The van der Waals surface area contributed by atoms with Gasteiger partial charge in [0.15, 0.2) is 0 Å². The molecule has 0 bridgehead atoms. The predicted molar refractivity (Wildman–Crippen MR) is 47.9 cm³/mol. The molecule has 16 heavy (non-hydrogen) atoms. The molecule has 1 aliphatic heterocycles. The molecule has 8 heteroatoms. The van der Waals surface area contributed by atoms with Gasteiger partial charge in [-0.25, -0.2) is 13.2 Å². The van der Waals surface area contributed by atoms with Gasteiger partial charge in [-0.3, -0.25) is 14.5 Å². The number of hydrogen-bond acceptors (Lipinski definition) is 3. The van der Waals surface area contributed by atoms with Crippen molar-refractivity contribution in [3.05, 3.63) is 0 Å². The van der Waals surface area contributed by atoms with Crippen molar-refractivity contribution in [2.24, 2.45) is 17.4 Å². The Morgan fingerprint density at radius 3 is 2.12 bits per heavy atom. The highest BCUT2D eigenvalue weighted by Crippen LogP contribution is 2.27. The standard InChI is InChI=1S/C8H12F3N3O2/c9-5(10)6(11)14-2-3(7(12)15)1-4(14)8(13)16/h3-6H,1-2H2,(H2,12,15)(H2,13,16). The van der Waals surface area contributed by atoms with Gasteiger partial charge in [0.1, 0.15) is 0 Å². The number of halogens is 3. The van der Waals surface area contributed by atoms with Crippen molar-refractivity contribution in [2.75, 3.05) is 6.54 Å². The molecule has 5 nitrogen and oxygen atoms in total. The minimum absolute atomic E-state index is 0.113. The molecular weight excluding hydrogens is 227 g/mol. The third kappa shape index (κ3) is 2.43. The number of amides is 2. The van der Waals surface area contributed by atoms with E-state index in [1.165, 1.54) is 0 Å². The van der Waals surface area contributed by atoms with Crippen LogP contribution in [0.1, 0.15) is 6.42 Å². The molecule has 1 fully saturated rings. The number of likely N-dealkylation sites (tertiary alicyclic amines) is 1. The Hall–Kier alpha value is -1.31. The molecule has 0 aromatic heterocycles. The molecule has 3 atom stereocenters. The van der Waals surface area contributed by atoms with Crippen LogP contribution in [-0.2, 0) is 9.59 Å². The molecule has 1 aliphatic rings. The highest BCUT2D eigenvalue weighted by molar-refractivity contribution is 5.83. The van der Waals surface area contributed by atoms with E-state index in [2.05, 4.69) is 0 Å². The van der Waals surface area contributed by atoms with E-state index in [1.54, 1.807) is 0 Å². The van der Waals surface area contributed by atoms with Gasteiger partial charge in [0.05, 0.1) is 12.0 Å². The summed E-state index contributed by atoms with van der Waals surface area (Å²) in [5.41, 5.74) is 9.92. The van der Waals surface area contributed by atoms with Crippen molar-refractivity contribution in [1.29, 1.82) is 0 Å². The Balaban J connectivity index is 2.81. The first kappa shape index (κ1) is 12.8. The van der Waals surface area contributed by atoms with Gasteiger partial charge in [-0.2, -0.15) is 0 Å². The van der Waals surface area contributed by atoms with Crippen LogP contribution in [0.4, 0.5) is 13.2 Å². The second-order valence-electron chi connectivity index (χ2n) is 3.66. The highest BCUT2D eigenvalue weighted by Gasteiger charge is 2.44. The van der Waals surface area contributed by atoms with Gasteiger partial charge in [-0.05, 0) is 6.42 Å². The average molecular weight is 239 g/mol. The van der Waals surface area contributed by atoms with E-state index in [4.69, 9.17) is 11.5 Å². The lowest BCUT2D eigenvalue weighted by Crippen LogP contribution is -2.47. The topological polar surface area (TPSA) is 89.4 Å². The van der Waals surface area contributed by atoms with Crippen LogP contribution in [-0.4, -0.2) is 42.0 Å². The fourth-order valence-corrected chi connectivity index (χ4v) is 1.76. The molecular formula is C8H12F3N3O2. The Labute approximate surface area is 89.5 Å². The maximum atomic E-state index is 13.1. The average Bonchev–Trinajstić information content (AvgIpc) is 2.60. The minimum Gasteiger partial charge on any atom is -0.369 e. The first-order valence-corrected chi connectivity index (χ1v) is 4.61. The molecule has 0 aliphatic carbocycles. The Bertz CT molecular complexity index is 300. The Kier molecular flexibility index (Phi) is 3.74. The van der Waals surface area contributed by atoms with Gasteiger partial charge in [-0.1, -0.05) is 0 Å². The van der Waals surface area contributed by atoms with Crippen molar-refractivity contribution >= 4 is 11.8 Å². The van der Waals surface area contributed by atoms with Crippen LogP contribution in [0.5, 0.6) is 0 Å². The zero-order valence-corrected chi connectivity index (χ0v) is 8.28. The first-order valence-electron chi connectivity index (χ1n) is 4.61. The molecule has 4 N–H and O–H groups in total. The quantitative estimate of drug-likeness (QED) is 0.630. The van der Waals surface area contributed by atoms with E-state index in [0.717, 1.165) is 0 Å². The Morgan fingerprint density at radius 2 is 1.75 bits per heavy atom. The third-order valence-electron chi connectivity index (χ3n) is 2.59. The lowest BCUT2D eigenvalue weighted by atomic mass is 10.1. The summed E-state index contributed by atoms with van der Waals surface area (Å²) in [5.74, 6) is -2.52. The zero-order valence-electron chi connectivity index (χ0n) is 8.28. The van der Waals surface area contributed by atoms with Crippen LogP contribution in [0.3, 0.4) is 0 Å². The monoisotopic (exact) mass is 239 g/mol. The first-order chi connectivity index (χ1) is 7.34. The van der Waals surface area contributed by atoms with Gasteiger partial charge in [0.25, 0.3) is 6.43 Å². The fraction of sp³-hybridized carbons (Fsp3) is 0.750. The normalized spacial score (nSPS) is 28.2. The molecule has 92 valence electrons. The van der Waals surface area contributed by atoms with E-state index < -0.39 is 36.5 Å². The fourth-order valence-electron chi connectivity index (χ4n) is 1.76. The van der Waals surface area contributed by atoms with Crippen LogP contribution in [0.25, 0.3) is 0 Å². The van der Waals surface area contributed by atoms with E-state index in [9.17, 15) is 22.8 Å². The summed E-state index contributed by atoms with van der Waals surface area (Å²) in [6, 6.07) is -1.21. The molecule has 2 amide bonds. The number of rotatable bonds is 4. The second kappa shape index (κ2) is 4.69. The number of alkyl halides is 3. The van der Waals surface area contributed by atoms with Crippen LogP contribution >= 0.6 is 0 Å². The maximum Gasteiger partial charge on any atom is 0.282 e. The summed E-state index contributed by atoms with van der Waals surface area (Å²) >= 11 is 0. The van der Waals surface area contributed by atoms with Crippen LogP contribution in [0.2, 0.25) is 0 Å². The summed E-state index contributed by atoms with van der Waals surface area (Å²) in [6.45, 7) is -0.311. The molecule has 1 rings (SSSR count). The van der Waals surface area contributed by atoms with Gasteiger partial charge >= 0.3 is 0 Å². The number of nitrogens with two attached hydrogens (primary N) is 2. The lowest BCUT2D eigenvalue weighted by molar-refractivity contribution is -0.128. The lowest BCUT2D eigenvalue weighted by Gasteiger charge is -2.24. The number of primary amides is 2. The Morgan fingerprint density at radius 1 is 1.19 bits per heavy atom. The SMILES string of the molecule is NC(=O)C1CC(C(N)=O)N(C(F)C(F)F)C1. The second-order valence-corrected chi connectivity index (χ2v) is 3.66. The van der Waals surface area contributed by atoms with Crippen LogP contribution in [0.15, 0.2) is 0 Å². The molecule has 0 spiro atoms. The van der Waals surface area contributed by atoms with Gasteiger partial charge in [0, 0.05) is 6.54 Å². The summed E-state index contributed by atoms with van der Waals surface area (Å²) in [7, 11) is 0. The predicted octanol–water partition coefficient (Wildman–Crippen LogP) is -0.792. The van der Waals surface area contributed by atoms with Gasteiger partial charge in [0.2, 0.25) is 18.1 Å². The smallest absolute Gasteiger partial charge is 0.282 e. The summed E-state index contributed by atoms with van der Waals surface area (Å²) in [4.78, 5) is 22.4. The molecule has 1 heterocycles. The molecule has 0 aromatic rings. The van der Waals surface area contributed by atoms with Crippen LogP contribution in [0, 0.1) is 5.92 Å². The molecule has 3 unspecified atom stereocenters. The van der Waals surface area contributed by atoms with Gasteiger partial charge in [-0.15, -0.1) is 0 Å². The minimum atomic E-state index is -3.26. The van der Waals surface area contributed by atoms with E-state index in [0.29, 0.717) is 4.90 Å².